The fourth-order valence-electron chi connectivity index (χ4n) is 3.59. The highest BCUT2D eigenvalue weighted by atomic mass is 32.1. The largest absolute Gasteiger partial charge is 0.480 e. The van der Waals surface area contributed by atoms with Gasteiger partial charge in [-0.1, -0.05) is 26.7 Å². The number of aliphatic hydroxyl groups excluding tert-OH is 1. The second kappa shape index (κ2) is 6.78. The maximum absolute atomic E-state index is 12.2. The lowest BCUT2D eigenvalue weighted by Gasteiger charge is -2.36. The summed E-state index contributed by atoms with van der Waals surface area (Å²) in [6.45, 7) is 3.02. The zero-order valence-corrected chi connectivity index (χ0v) is 15.7. The summed E-state index contributed by atoms with van der Waals surface area (Å²) in [5, 5.41) is 19.4. The molecule has 1 aliphatic heterocycles. The van der Waals surface area contributed by atoms with Crippen LogP contribution < -0.4 is 17.0 Å². The van der Waals surface area contributed by atoms with Crippen LogP contribution in [0.15, 0.2) is 11.1 Å². The third kappa shape index (κ3) is 2.88. The van der Waals surface area contributed by atoms with Gasteiger partial charge in [-0.3, -0.25) is 14.2 Å². The molecule has 6 N–H and O–H groups in total. The molecule has 2 aromatic rings. The number of thiol groups is 1. The third-order valence-corrected chi connectivity index (χ3v) is 5.65. The molecule has 27 heavy (non-hydrogen) atoms. The van der Waals surface area contributed by atoms with Crippen LogP contribution in [0.1, 0.15) is 26.5 Å². The van der Waals surface area contributed by atoms with Crippen molar-refractivity contribution < 1.29 is 19.7 Å². The Kier molecular flexibility index (Phi) is 4.93. The van der Waals surface area contributed by atoms with Crippen LogP contribution in [0.25, 0.3) is 11.2 Å². The Morgan fingerprint density at radius 1 is 1.56 bits per heavy atom. The van der Waals surface area contributed by atoms with Gasteiger partial charge in [0.1, 0.15) is 11.8 Å². The molecule has 11 nitrogen and oxygen atoms in total. The summed E-state index contributed by atoms with van der Waals surface area (Å²) < 4.78 is 8.22. The first-order chi connectivity index (χ1) is 12.6. The standard InChI is InChI=1S/C15H22N6O5S/c1-6(2)15(17,13(24)25)7-3-9(26-8(7)4-22)20-5-18-10-11(20)19-14(16)21(27)12(10)23/h5-9,22,27H,3-4,17H2,1-2H3,(H2,16,19)(H,24,25)/t7?,8?,9?,15-/m1/s1. The van der Waals surface area contributed by atoms with E-state index in [1.165, 1.54) is 10.9 Å². The van der Waals surface area contributed by atoms with Crippen LogP contribution in [0.4, 0.5) is 5.95 Å². The lowest BCUT2D eigenvalue weighted by atomic mass is 9.72. The molecule has 0 amide bonds. The molecule has 1 aliphatic rings. The summed E-state index contributed by atoms with van der Waals surface area (Å²) in [5.41, 5.74) is 10.0. The number of carbonyl (C=O) groups is 1. The van der Waals surface area contributed by atoms with E-state index in [1.807, 2.05) is 0 Å². The van der Waals surface area contributed by atoms with Gasteiger partial charge < -0.3 is 26.4 Å². The molecule has 0 aliphatic carbocycles. The van der Waals surface area contributed by atoms with E-state index in [4.69, 9.17) is 16.2 Å². The number of aromatic nitrogens is 4. The van der Waals surface area contributed by atoms with E-state index in [1.54, 1.807) is 13.8 Å². The fourth-order valence-corrected chi connectivity index (χ4v) is 3.73. The number of aliphatic carboxylic acids is 1. The maximum atomic E-state index is 12.2. The Labute approximate surface area is 159 Å². The van der Waals surface area contributed by atoms with E-state index < -0.39 is 47.8 Å². The number of imidazole rings is 1. The number of ether oxygens (including phenoxy) is 1. The van der Waals surface area contributed by atoms with Gasteiger partial charge in [0, 0.05) is 12.3 Å². The molecule has 12 heteroatoms. The maximum Gasteiger partial charge on any atom is 0.324 e. The molecule has 3 unspecified atom stereocenters. The minimum atomic E-state index is -1.59. The first-order valence-electron chi connectivity index (χ1n) is 8.35. The number of carboxylic acids is 1. The Morgan fingerprint density at radius 2 is 2.22 bits per heavy atom. The molecule has 0 spiro atoms. The molecule has 4 atom stereocenters. The average Bonchev–Trinajstić information content (AvgIpc) is 3.22. The number of anilines is 1. The first kappa shape index (κ1) is 19.6. The van der Waals surface area contributed by atoms with Crippen LogP contribution in [-0.4, -0.2) is 52.9 Å². The summed E-state index contributed by atoms with van der Waals surface area (Å²) in [6.07, 6.45) is 0.0597. The van der Waals surface area contributed by atoms with Crippen LogP contribution in [0.2, 0.25) is 0 Å². The van der Waals surface area contributed by atoms with Crippen molar-refractivity contribution in [2.24, 2.45) is 17.6 Å². The smallest absolute Gasteiger partial charge is 0.324 e. The molecule has 2 aromatic heterocycles. The van der Waals surface area contributed by atoms with Crippen molar-refractivity contribution in [3.8, 4) is 0 Å². The van der Waals surface area contributed by atoms with Crippen molar-refractivity contribution in [1.29, 1.82) is 0 Å². The van der Waals surface area contributed by atoms with Crippen molar-refractivity contribution in [1.82, 2.24) is 18.5 Å². The molecule has 1 saturated heterocycles. The number of nitrogens with zero attached hydrogens (tertiary/aromatic N) is 4. The van der Waals surface area contributed by atoms with Crippen molar-refractivity contribution in [2.75, 3.05) is 12.3 Å². The summed E-state index contributed by atoms with van der Waals surface area (Å²) in [4.78, 5) is 32.3. The second-order valence-corrected chi connectivity index (χ2v) is 7.36. The monoisotopic (exact) mass is 398 g/mol. The Morgan fingerprint density at radius 3 is 2.78 bits per heavy atom. The zero-order valence-electron chi connectivity index (χ0n) is 14.8. The molecule has 3 rings (SSSR count). The second-order valence-electron chi connectivity index (χ2n) is 6.96. The Hall–Kier alpha value is -2.15. The molecule has 0 bridgehead atoms. The lowest BCUT2D eigenvalue weighted by Crippen LogP contribution is -2.60. The third-order valence-electron chi connectivity index (χ3n) is 5.27. The van der Waals surface area contributed by atoms with Crippen molar-refractivity contribution in [2.45, 2.75) is 38.1 Å². The van der Waals surface area contributed by atoms with E-state index in [0.717, 1.165) is 3.97 Å². The van der Waals surface area contributed by atoms with Gasteiger partial charge in [-0.25, -0.2) is 8.96 Å². The predicted molar refractivity (Wildman–Crippen MR) is 99.1 cm³/mol. The topological polar surface area (TPSA) is 172 Å². The molecule has 148 valence electrons. The number of rotatable bonds is 5. The van der Waals surface area contributed by atoms with Crippen molar-refractivity contribution >= 4 is 35.9 Å². The zero-order chi connectivity index (χ0) is 20.1. The Balaban J connectivity index is 2.04. The number of aliphatic hydroxyl groups is 1. The molecular formula is C15H22N6O5S. The summed E-state index contributed by atoms with van der Waals surface area (Å²) >= 11 is 3.95. The number of hydrogen-bond acceptors (Lipinski definition) is 9. The van der Waals surface area contributed by atoms with Gasteiger partial charge in [0.2, 0.25) is 5.95 Å². The van der Waals surface area contributed by atoms with Crippen LogP contribution in [0.5, 0.6) is 0 Å². The van der Waals surface area contributed by atoms with E-state index in [-0.39, 0.29) is 23.5 Å². The van der Waals surface area contributed by atoms with Crippen LogP contribution in [0.3, 0.4) is 0 Å². The van der Waals surface area contributed by atoms with E-state index >= 15 is 0 Å². The summed E-state index contributed by atoms with van der Waals surface area (Å²) in [7, 11) is 0. The molecular weight excluding hydrogens is 376 g/mol. The van der Waals surface area contributed by atoms with Gasteiger partial charge >= 0.3 is 5.97 Å². The molecule has 1 fully saturated rings. The number of fused-ring (bicyclic) bond motifs is 1. The number of nitrogen functional groups attached to an aromatic ring is 1. The van der Waals surface area contributed by atoms with Crippen molar-refractivity contribution in [3.63, 3.8) is 0 Å². The molecule has 0 radical (unpaired) electrons. The van der Waals surface area contributed by atoms with E-state index in [2.05, 4.69) is 22.8 Å². The highest BCUT2D eigenvalue weighted by molar-refractivity contribution is 7.78. The number of nitrogens with two attached hydrogens (primary N) is 2. The minimum absolute atomic E-state index is 0.0490. The quantitative estimate of drug-likeness (QED) is 0.404. The Bertz CT molecular complexity index is 943. The molecule has 0 saturated carbocycles. The predicted octanol–water partition coefficient (Wildman–Crippen LogP) is -0.798. The molecule has 0 aromatic carbocycles. The lowest BCUT2D eigenvalue weighted by molar-refractivity contribution is -0.149. The minimum Gasteiger partial charge on any atom is -0.480 e. The van der Waals surface area contributed by atoms with Gasteiger partial charge in [-0.15, -0.1) is 0 Å². The van der Waals surface area contributed by atoms with Gasteiger partial charge in [0.25, 0.3) is 5.56 Å². The normalized spacial score (nSPS) is 25.2. The SMILES string of the molecule is CC(C)[C@](N)(C(=O)O)C1CC(n2cnc3c(=O)n(S)c(N)nc32)OC1CO. The van der Waals surface area contributed by atoms with Gasteiger partial charge in [0.05, 0.1) is 19.0 Å². The van der Waals surface area contributed by atoms with E-state index in [9.17, 15) is 19.8 Å². The van der Waals surface area contributed by atoms with E-state index in [0.29, 0.717) is 0 Å². The summed E-state index contributed by atoms with van der Waals surface area (Å²) in [6, 6.07) is 0. The number of hydrogen-bond donors (Lipinski definition) is 5. The van der Waals surface area contributed by atoms with Gasteiger partial charge in [0.15, 0.2) is 11.2 Å². The summed E-state index contributed by atoms with van der Waals surface area (Å²) in [5.74, 6) is -2.35. The van der Waals surface area contributed by atoms with Gasteiger partial charge in [-0.05, 0) is 5.92 Å². The average molecular weight is 398 g/mol. The van der Waals surface area contributed by atoms with Crippen molar-refractivity contribution in [3.05, 3.63) is 16.7 Å². The highest BCUT2D eigenvalue weighted by Crippen LogP contribution is 2.42. The van der Waals surface area contributed by atoms with Gasteiger partial charge in [-0.2, -0.15) is 4.98 Å². The van der Waals surface area contributed by atoms with Crippen LogP contribution in [-0.2, 0) is 9.53 Å². The highest BCUT2D eigenvalue weighted by Gasteiger charge is 2.53. The first-order valence-corrected chi connectivity index (χ1v) is 8.75. The fraction of sp³-hybridized carbons (Fsp3) is 0.600. The number of carboxylic acid groups (broad SMARTS) is 1. The van der Waals surface area contributed by atoms with Crippen LogP contribution >= 0.6 is 12.8 Å². The molecule has 3 heterocycles. The van der Waals surface area contributed by atoms with Crippen LogP contribution in [0, 0.1) is 11.8 Å².